The van der Waals surface area contributed by atoms with Crippen molar-refractivity contribution in [2.45, 2.75) is 6.92 Å². The van der Waals surface area contributed by atoms with Crippen molar-refractivity contribution < 1.29 is 9.21 Å². The first-order chi connectivity index (χ1) is 11.4. The highest BCUT2D eigenvalue weighted by molar-refractivity contribution is 6.36. The van der Waals surface area contributed by atoms with Gasteiger partial charge in [0.2, 0.25) is 0 Å². The predicted octanol–water partition coefficient (Wildman–Crippen LogP) is 6.47. The van der Waals surface area contributed by atoms with Gasteiger partial charge < -0.3 is 9.73 Å². The maximum Gasteiger partial charge on any atom is 0.259 e. The molecular formula is C18H12Cl3NO2. The topological polar surface area (TPSA) is 42.2 Å². The van der Waals surface area contributed by atoms with E-state index in [2.05, 4.69) is 5.32 Å². The molecule has 0 fully saturated rings. The normalized spacial score (nSPS) is 10.7. The van der Waals surface area contributed by atoms with Gasteiger partial charge in [-0.25, -0.2) is 0 Å². The minimum absolute atomic E-state index is 0.305. The van der Waals surface area contributed by atoms with Crippen LogP contribution in [0.5, 0.6) is 0 Å². The number of anilines is 1. The number of halogens is 3. The molecule has 0 aliphatic heterocycles. The van der Waals surface area contributed by atoms with Crippen molar-refractivity contribution in [2.24, 2.45) is 0 Å². The van der Waals surface area contributed by atoms with E-state index >= 15 is 0 Å². The largest absolute Gasteiger partial charge is 0.461 e. The van der Waals surface area contributed by atoms with Crippen LogP contribution in [0.15, 0.2) is 52.9 Å². The smallest absolute Gasteiger partial charge is 0.259 e. The summed E-state index contributed by atoms with van der Waals surface area (Å²) in [6.07, 6.45) is 0. The van der Waals surface area contributed by atoms with Crippen LogP contribution < -0.4 is 5.32 Å². The molecular weight excluding hydrogens is 369 g/mol. The Morgan fingerprint density at radius 2 is 1.62 bits per heavy atom. The molecule has 3 nitrogen and oxygen atoms in total. The first-order valence-corrected chi connectivity index (χ1v) is 8.20. The molecule has 0 atom stereocenters. The average molecular weight is 381 g/mol. The van der Waals surface area contributed by atoms with Crippen molar-refractivity contribution in [2.75, 3.05) is 5.32 Å². The summed E-state index contributed by atoms with van der Waals surface area (Å²) in [5.41, 5.74) is 1.76. The second kappa shape index (κ2) is 6.89. The monoisotopic (exact) mass is 379 g/mol. The summed E-state index contributed by atoms with van der Waals surface area (Å²) in [6, 6.07) is 13.8. The van der Waals surface area contributed by atoms with E-state index in [0.717, 1.165) is 5.56 Å². The van der Waals surface area contributed by atoms with Crippen LogP contribution in [0.25, 0.3) is 11.3 Å². The highest BCUT2D eigenvalue weighted by atomic mass is 35.5. The van der Waals surface area contributed by atoms with Crippen molar-refractivity contribution in [3.63, 3.8) is 0 Å². The molecule has 6 heteroatoms. The maximum absolute atomic E-state index is 12.5. The van der Waals surface area contributed by atoms with Gasteiger partial charge in [-0.05, 0) is 55.5 Å². The van der Waals surface area contributed by atoms with Gasteiger partial charge in [-0.1, -0.05) is 34.8 Å². The molecule has 1 aromatic heterocycles. The minimum Gasteiger partial charge on any atom is -0.461 e. The Hall–Kier alpha value is -1.94. The zero-order valence-corrected chi connectivity index (χ0v) is 14.8. The highest BCUT2D eigenvalue weighted by Gasteiger charge is 2.17. The van der Waals surface area contributed by atoms with Crippen LogP contribution in [-0.2, 0) is 0 Å². The van der Waals surface area contributed by atoms with Crippen molar-refractivity contribution in [1.82, 2.24) is 0 Å². The molecule has 2 aromatic carbocycles. The van der Waals surface area contributed by atoms with E-state index in [1.165, 1.54) is 0 Å². The summed E-state index contributed by atoms with van der Waals surface area (Å²) in [5, 5.41) is 4.27. The number of rotatable bonds is 3. The third kappa shape index (κ3) is 3.59. The summed E-state index contributed by atoms with van der Waals surface area (Å²) >= 11 is 17.8. The minimum atomic E-state index is -0.305. The molecule has 0 radical (unpaired) electrons. The maximum atomic E-state index is 12.5. The van der Waals surface area contributed by atoms with Gasteiger partial charge in [0.1, 0.15) is 11.5 Å². The lowest BCUT2D eigenvalue weighted by atomic mass is 10.1. The summed E-state index contributed by atoms with van der Waals surface area (Å²) in [4.78, 5) is 12.5. The molecule has 0 spiro atoms. The summed E-state index contributed by atoms with van der Waals surface area (Å²) in [6.45, 7) is 1.73. The molecule has 0 saturated heterocycles. The number of carbonyl (C=O) groups is 1. The number of hydrogen-bond donors (Lipinski definition) is 1. The van der Waals surface area contributed by atoms with E-state index in [0.29, 0.717) is 37.8 Å². The third-order valence-electron chi connectivity index (χ3n) is 3.47. The molecule has 0 unspecified atom stereocenters. The Morgan fingerprint density at radius 1 is 0.958 bits per heavy atom. The fourth-order valence-electron chi connectivity index (χ4n) is 2.24. The second-order valence-corrected chi connectivity index (χ2v) is 6.45. The Labute approximate surface area is 154 Å². The molecule has 0 aliphatic carbocycles. The van der Waals surface area contributed by atoms with Crippen molar-refractivity contribution in [3.05, 3.63) is 74.9 Å². The second-order valence-electron chi connectivity index (χ2n) is 5.17. The van der Waals surface area contributed by atoms with Crippen LogP contribution >= 0.6 is 34.8 Å². The van der Waals surface area contributed by atoms with Gasteiger partial charge in [-0.15, -0.1) is 0 Å². The van der Waals surface area contributed by atoms with Crippen LogP contribution in [0, 0.1) is 6.92 Å². The molecule has 3 rings (SSSR count). The first-order valence-electron chi connectivity index (χ1n) is 7.07. The lowest BCUT2D eigenvalue weighted by Gasteiger charge is -2.06. The molecule has 1 heterocycles. The van der Waals surface area contributed by atoms with Gasteiger partial charge in [0.05, 0.1) is 16.3 Å². The first kappa shape index (κ1) is 16.9. The molecule has 0 aliphatic rings. The third-order valence-corrected chi connectivity index (χ3v) is 4.27. The number of carbonyl (C=O) groups excluding carboxylic acids is 1. The van der Waals surface area contributed by atoms with E-state index in [4.69, 9.17) is 39.2 Å². The fourth-order valence-corrected chi connectivity index (χ4v) is 2.83. The lowest BCUT2D eigenvalue weighted by molar-refractivity contribution is 0.102. The molecule has 122 valence electrons. The molecule has 3 aromatic rings. The van der Waals surface area contributed by atoms with Crippen molar-refractivity contribution in [3.8, 4) is 11.3 Å². The highest BCUT2D eigenvalue weighted by Crippen LogP contribution is 2.29. The summed E-state index contributed by atoms with van der Waals surface area (Å²) < 4.78 is 5.69. The summed E-state index contributed by atoms with van der Waals surface area (Å²) in [7, 11) is 0. The number of hydrogen-bond acceptors (Lipinski definition) is 2. The Balaban J connectivity index is 1.86. The number of nitrogens with one attached hydrogen (secondary N) is 1. The Bertz CT molecular complexity index is 901. The number of amides is 1. The van der Waals surface area contributed by atoms with Gasteiger partial charge in [-0.3, -0.25) is 4.79 Å². The predicted molar refractivity (Wildman–Crippen MR) is 98.3 cm³/mol. The van der Waals surface area contributed by atoms with Gasteiger partial charge in [0.25, 0.3) is 5.91 Å². The van der Waals surface area contributed by atoms with Crippen LogP contribution in [0.3, 0.4) is 0 Å². The van der Waals surface area contributed by atoms with Crippen LogP contribution in [-0.4, -0.2) is 5.91 Å². The Kier molecular flexibility index (Phi) is 4.86. The molecule has 0 bridgehead atoms. The van der Waals surface area contributed by atoms with Crippen molar-refractivity contribution >= 4 is 46.4 Å². The van der Waals surface area contributed by atoms with Gasteiger partial charge in [-0.2, -0.15) is 0 Å². The van der Waals surface area contributed by atoms with E-state index in [9.17, 15) is 4.79 Å². The SMILES string of the molecule is Cc1oc(-c2ccc(Cl)cc2)cc1C(=O)Nc1ccc(Cl)cc1Cl. The van der Waals surface area contributed by atoms with Gasteiger partial charge in [0.15, 0.2) is 0 Å². The van der Waals surface area contributed by atoms with Gasteiger partial charge in [0, 0.05) is 15.6 Å². The van der Waals surface area contributed by atoms with E-state index < -0.39 is 0 Å². The molecule has 1 amide bonds. The molecule has 24 heavy (non-hydrogen) atoms. The van der Waals surface area contributed by atoms with Crippen molar-refractivity contribution in [1.29, 1.82) is 0 Å². The standard InChI is InChI=1S/C18H12Cl3NO2/c1-10-14(9-17(24-10)11-2-4-12(19)5-3-11)18(23)22-16-7-6-13(20)8-15(16)21/h2-9H,1H3,(H,22,23). The molecule has 0 saturated carbocycles. The zero-order chi connectivity index (χ0) is 17.3. The van der Waals surface area contributed by atoms with E-state index in [-0.39, 0.29) is 5.91 Å². The number of aryl methyl sites for hydroxylation is 1. The zero-order valence-electron chi connectivity index (χ0n) is 12.6. The fraction of sp³-hybridized carbons (Fsp3) is 0.0556. The lowest BCUT2D eigenvalue weighted by Crippen LogP contribution is -2.12. The quantitative estimate of drug-likeness (QED) is 0.566. The van der Waals surface area contributed by atoms with Crippen LogP contribution in [0.1, 0.15) is 16.1 Å². The van der Waals surface area contributed by atoms with Crippen LogP contribution in [0.4, 0.5) is 5.69 Å². The Morgan fingerprint density at radius 3 is 2.29 bits per heavy atom. The van der Waals surface area contributed by atoms with Crippen LogP contribution in [0.2, 0.25) is 15.1 Å². The molecule has 1 N–H and O–H groups in total. The number of benzene rings is 2. The number of furan rings is 1. The average Bonchev–Trinajstić information content (AvgIpc) is 2.93. The van der Waals surface area contributed by atoms with E-state index in [1.54, 1.807) is 43.3 Å². The van der Waals surface area contributed by atoms with Gasteiger partial charge >= 0.3 is 0 Å². The van der Waals surface area contributed by atoms with E-state index in [1.807, 2.05) is 12.1 Å². The summed E-state index contributed by atoms with van der Waals surface area (Å²) in [5.74, 6) is 0.805.